The Kier molecular flexibility index (Phi) is 28.1. The molecule has 0 aliphatic heterocycles. The third kappa shape index (κ3) is 722. The van der Waals surface area contributed by atoms with Crippen LogP contribution in [0, 0.1) is 0 Å². The Balaban J connectivity index is -0.0000000183. The van der Waals surface area contributed by atoms with Gasteiger partial charge in [-0.2, -0.15) is 8.42 Å². The van der Waals surface area contributed by atoms with Crippen molar-refractivity contribution >= 4 is 16.9 Å². The van der Waals surface area contributed by atoms with Crippen molar-refractivity contribution in [2.75, 3.05) is 0 Å². The summed E-state index contributed by atoms with van der Waals surface area (Å²) in [6.45, 7) is -0.250. The molecule has 0 aromatic heterocycles. The van der Waals surface area contributed by atoms with E-state index in [1.54, 1.807) is 0 Å². The van der Waals surface area contributed by atoms with E-state index in [0.29, 0.717) is 0 Å². The van der Waals surface area contributed by atoms with Gasteiger partial charge in [-0.15, -0.1) is 0 Å². The Morgan fingerprint density at radius 1 is 1.30 bits per heavy atom. The van der Waals surface area contributed by atoms with Crippen LogP contribution < -0.4 is 29.6 Å². The molecule has 0 bridgehead atoms. The van der Waals surface area contributed by atoms with Crippen molar-refractivity contribution in [2.24, 2.45) is 0 Å². The summed E-state index contributed by atoms with van der Waals surface area (Å²) in [4.78, 5) is 8.36. The van der Waals surface area contributed by atoms with E-state index in [2.05, 4.69) is 0 Å². The molecule has 0 heterocycles. The molecular formula is CH5CrNaO6S. The van der Waals surface area contributed by atoms with Crippen molar-refractivity contribution < 1.29 is 75.8 Å². The van der Waals surface area contributed by atoms with Crippen LogP contribution in [-0.2, 0) is 32.6 Å². The Bertz CT molecular complexity index is 137. The van der Waals surface area contributed by atoms with Gasteiger partial charge in [-0.1, -0.05) is 0 Å². The maximum Gasteiger partial charge on any atom is 1.00 e. The van der Waals surface area contributed by atoms with Gasteiger partial charge in [0.15, 0.2) is 0 Å². The molecule has 3 N–H and O–H groups in total. The molecule has 0 fully saturated rings. The molecule has 0 rings (SSSR count). The molecule has 0 spiro atoms. The maximum absolute atomic E-state index is 8.74. The number of rotatable bonds is 0. The van der Waals surface area contributed by atoms with E-state index in [1.165, 1.54) is 0 Å². The van der Waals surface area contributed by atoms with E-state index in [4.69, 9.17) is 27.4 Å². The van der Waals surface area contributed by atoms with Gasteiger partial charge in [-0.05, 0) is 0 Å². The summed E-state index contributed by atoms with van der Waals surface area (Å²) in [6.07, 6.45) is 0. The normalized spacial score (nSPS) is 7.00. The molecular weight excluding hydrogens is 215 g/mol. The van der Waals surface area contributed by atoms with Crippen LogP contribution in [0.1, 0.15) is 1.43 Å². The van der Waals surface area contributed by atoms with Gasteiger partial charge < -0.3 is 6.53 Å². The predicted molar refractivity (Wildman–Crippen MR) is 24.0 cm³/mol. The largest absolute Gasteiger partial charge is 1.00 e. The van der Waals surface area contributed by atoms with Crippen molar-refractivity contribution in [2.45, 2.75) is 0 Å². The zero-order chi connectivity index (χ0) is 7.21. The first-order chi connectivity index (χ1) is 3.41. The first-order valence-electron chi connectivity index (χ1n) is 1.19. The van der Waals surface area contributed by atoms with Gasteiger partial charge in [-0.25, -0.2) is 0 Å². The Hall–Kier alpha value is 0.872. The molecule has 0 aromatic rings. The summed E-state index contributed by atoms with van der Waals surface area (Å²) in [7, 11) is -4.67. The van der Waals surface area contributed by atoms with Crippen molar-refractivity contribution in [1.29, 1.82) is 0 Å². The second kappa shape index (κ2) is 12.5. The smallest absolute Gasteiger partial charge is 1.00 e. The van der Waals surface area contributed by atoms with E-state index >= 15 is 0 Å². The predicted octanol–water partition coefficient (Wildman–Crippen LogP) is -3.84. The summed E-state index contributed by atoms with van der Waals surface area (Å²) >= 11 is 0. The van der Waals surface area contributed by atoms with Crippen LogP contribution in [-0.4, -0.2) is 29.1 Å². The fourth-order valence-corrected chi connectivity index (χ4v) is 0. The monoisotopic (exact) mass is 220 g/mol. The topological polar surface area (TPSA) is 112 Å². The minimum Gasteiger partial charge on any atom is -1.00 e. The molecule has 10 heavy (non-hydrogen) atoms. The third-order valence-corrected chi connectivity index (χ3v) is 0. The van der Waals surface area contributed by atoms with Gasteiger partial charge in [0.2, 0.25) is 0 Å². The van der Waals surface area contributed by atoms with Crippen LogP contribution in [0.15, 0.2) is 0 Å². The molecule has 0 aliphatic rings. The molecule has 0 atom stereocenters. The van der Waals surface area contributed by atoms with Crippen molar-refractivity contribution in [1.82, 2.24) is 0 Å². The molecule has 58 valence electrons. The Morgan fingerprint density at radius 2 is 1.30 bits per heavy atom. The Morgan fingerprint density at radius 3 is 1.30 bits per heavy atom. The molecule has 0 saturated heterocycles. The van der Waals surface area contributed by atoms with Crippen LogP contribution in [0.2, 0.25) is 0 Å². The maximum atomic E-state index is 8.74. The zero-order valence-electron chi connectivity index (χ0n) is 5.96. The summed E-state index contributed by atoms with van der Waals surface area (Å²) in [5.74, 6) is 0. The van der Waals surface area contributed by atoms with Crippen molar-refractivity contribution in [3.8, 4) is 0 Å². The average molecular weight is 220 g/mol. The Labute approximate surface area is 92.1 Å². The van der Waals surface area contributed by atoms with Gasteiger partial charge in [0.1, 0.15) is 0 Å². The van der Waals surface area contributed by atoms with Crippen LogP contribution in [0.3, 0.4) is 0 Å². The van der Waals surface area contributed by atoms with Crippen LogP contribution in [0.25, 0.3) is 0 Å². The third-order valence-electron chi connectivity index (χ3n) is 0. The first-order valence-corrected chi connectivity index (χ1v) is 2.59. The zero-order valence-corrected chi connectivity index (χ0v) is 9.05. The minimum absolute atomic E-state index is 0. The van der Waals surface area contributed by atoms with Crippen LogP contribution >= 0.6 is 0 Å². The van der Waals surface area contributed by atoms with Crippen molar-refractivity contribution in [3.05, 3.63) is 0 Å². The minimum atomic E-state index is -4.67. The second-order valence-corrected chi connectivity index (χ2v) is 1.45. The van der Waals surface area contributed by atoms with Crippen molar-refractivity contribution in [3.63, 3.8) is 0 Å². The molecule has 9 heteroatoms. The molecule has 0 aliphatic carbocycles. The molecule has 0 aromatic carbocycles. The fraction of sp³-hybridized carbons (Fsp3) is 0. The molecule has 6 nitrogen and oxygen atoms in total. The van der Waals surface area contributed by atoms with E-state index < -0.39 is 10.4 Å². The quantitative estimate of drug-likeness (QED) is 0.219. The summed E-state index contributed by atoms with van der Waals surface area (Å²) in [5, 5.41) is 6.89. The standard InChI is InChI=1S/CH2O2.Cr.Na.H2O4S.H/c2-1-3;;;1-5(2,3)4;/h1H,(H,2,3);;;(H2,1,2,3,4);/q;;+1;;-1. The van der Waals surface area contributed by atoms with E-state index in [-0.39, 0.29) is 54.8 Å². The second-order valence-electron chi connectivity index (χ2n) is 0.553. The molecule has 0 amide bonds. The van der Waals surface area contributed by atoms with Gasteiger partial charge in [0.05, 0.1) is 0 Å². The van der Waals surface area contributed by atoms with Gasteiger partial charge >= 0.3 is 40.0 Å². The van der Waals surface area contributed by atoms with Crippen LogP contribution in [0.4, 0.5) is 0 Å². The number of carboxylic acid groups (broad SMARTS) is 1. The first kappa shape index (κ1) is 22.4. The van der Waals surface area contributed by atoms with Gasteiger partial charge in [0, 0.05) is 17.4 Å². The summed E-state index contributed by atoms with van der Waals surface area (Å²) in [6, 6.07) is 0. The number of hydrogen-bond donors (Lipinski definition) is 3. The SMILES string of the molecule is O=CO.O=S(=O)(O)O.[Cr].[H-].[Na+]. The number of carbonyl (C=O) groups is 1. The van der Waals surface area contributed by atoms with E-state index in [0.717, 1.165) is 0 Å². The van der Waals surface area contributed by atoms with Gasteiger partial charge in [0.25, 0.3) is 6.47 Å². The summed E-state index contributed by atoms with van der Waals surface area (Å²) < 4.78 is 31.6. The fourth-order valence-electron chi connectivity index (χ4n) is 0. The van der Waals surface area contributed by atoms with E-state index in [1.807, 2.05) is 0 Å². The molecule has 0 radical (unpaired) electrons. The average Bonchev–Trinajstić information content (AvgIpc) is 1.27. The number of hydrogen-bond acceptors (Lipinski definition) is 3. The summed E-state index contributed by atoms with van der Waals surface area (Å²) in [5.41, 5.74) is 0. The molecule has 0 unspecified atom stereocenters. The molecule has 0 saturated carbocycles. The van der Waals surface area contributed by atoms with Crippen LogP contribution in [0.5, 0.6) is 0 Å². The van der Waals surface area contributed by atoms with E-state index in [9.17, 15) is 0 Å². The van der Waals surface area contributed by atoms with Gasteiger partial charge in [-0.3, -0.25) is 13.9 Å².